The first-order valence-electron chi connectivity index (χ1n) is 6.48. The second kappa shape index (κ2) is 5.32. The molecule has 1 atom stereocenters. The minimum absolute atomic E-state index is 0.235. The minimum atomic E-state index is -0.301. The zero-order valence-corrected chi connectivity index (χ0v) is 11.3. The van der Waals surface area contributed by atoms with Crippen molar-refractivity contribution in [3.05, 3.63) is 66.1 Å². The average molecular weight is 284 g/mol. The number of nitrogens with zero attached hydrogens (tertiary/aromatic N) is 3. The highest BCUT2D eigenvalue weighted by Gasteiger charge is 2.14. The summed E-state index contributed by atoms with van der Waals surface area (Å²) in [5.41, 5.74) is 1.75. The molecule has 6 heteroatoms. The molecule has 2 heterocycles. The third-order valence-electron chi connectivity index (χ3n) is 3.21. The Labute approximate surface area is 120 Å². The number of benzene rings is 1. The maximum absolute atomic E-state index is 12.9. The first-order valence-corrected chi connectivity index (χ1v) is 6.48. The molecule has 0 aliphatic rings. The quantitative estimate of drug-likeness (QED) is 0.803. The van der Waals surface area contributed by atoms with E-state index in [0.717, 1.165) is 5.56 Å². The van der Waals surface area contributed by atoms with Crippen molar-refractivity contribution < 1.29 is 9.18 Å². The van der Waals surface area contributed by atoms with E-state index in [-0.39, 0.29) is 17.8 Å². The topological polar surface area (TPSA) is 59.3 Å². The Bertz CT molecular complexity index is 749. The van der Waals surface area contributed by atoms with Crippen LogP contribution < -0.4 is 5.32 Å². The molecule has 0 spiro atoms. The van der Waals surface area contributed by atoms with Crippen LogP contribution in [0, 0.1) is 5.82 Å². The number of nitrogens with one attached hydrogen (secondary N) is 1. The van der Waals surface area contributed by atoms with E-state index < -0.39 is 0 Å². The lowest BCUT2D eigenvalue weighted by molar-refractivity contribution is 0.0935. The van der Waals surface area contributed by atoms with Gasteiger partial charge in [-0.05, 0) is 24.6 Å². The van der Waals surface area contributed by atoms with Gasteiger partial charge in [0.05, 0.1) is 12.2 Å². The highest BCUT2D eigenvalue weighted by molar-refractivity contribution is 5.93. The van der Waals surface area contributed by atoms with Gasteiger partial charge in [0, 0.05) is 18.6 Å². The standard InChI is InChI=1S/C15H13FN4O/c1-10(11-2-4-12(16)5-3-11)18-15(21)13-9-20-7-6-17-8-14(20)19-13/h2-10H,1H3,(H,18,21). The minimum Gasteiger partial charge on any atom is -0.344 e. The van der Waals surface area contributed by atoms with Crippen LogP contribution in [0.4, 0.5) is 4.39 Å². The first-order chi connectivity index (χ1) is 10.1. The van der Waals surface area contributed by atoms with Crippen molar-refractivity contribution in [3.63, 3.8) is 0 Å². The van der Waals surface area contributed by atoms with E-state index in [9.17, 15) is 9.18 Å². The van der Waals surface area contributed by atoms with Crippen LogP contribution in [0.15, 0.2) is 49.1 Å². The van der Waals surface area contributed by atoms with Gasteiger partial charge < -0.3 is 9.72 Å². The maximum Gasteiger partial charge on any atom is 0.271 e. The lowest BCUT2D eigenvalue weighted by Crippen LogP contribution is -2.26. The van der Waals surface area contributed by atoms with E-state index in [4.69, 9.17) is 0 Å². The number of fused-ring (bicyclic) bond motifs is 1. The van der Waals surface area contributed by atoms with Gasteiger partial charge in [-0.2, -0.15) is 0 Å². The molecule has 1 unspecified atom stereocenters. The zero-order valence-electron chi connectivity index (χ0n) is 11.3. The molecule has 0 aliphatic carbocycles. The molecule has 21 heavy (non-hydrogen) atoms. The molecular weight excluding hydrogens is 271 g/mol. The third-order valence-corrected chi connectivity index (χ3v) is 3.21. The molecule has 3 rings (SSSR count). The normalized spacial score (nSPS) is 12.3. The van der Waals surface area contributed by atoms with Crippen LogP contribution in [-0.2, 0) is 0 Å². The molecule has 0 aliphatic heterocycles. The van der Waals surface area contributed by atoms with Crippen LogP contribution in [0.1, 0.15) is 29.0 Å². The fraction of sp³-hybridized carbons (Fsp3) is 0.133. The number of hydrogen-bond donors (Lipinski definition) is 1. The molecule has 0 fully saturated rings. The summed E-state index contributed by atoms with van der Waals surface area (Å²) in [6.45, 7) is 1.84. The fourth-order valence-electron chi connectivity index (χ4n) is 2.06. The highest BCUT2D eigenvalue weighted by Crippen LogP contribution is 2.13. The van der Waals surface area contributed by atoms with Gasteiger partial charge in [-0.25, -0.2) is 9.37 Å². The molecule has 5 nitrogen and oxygen atoms in total. The van der Waals surface area contributed by atoms with E-state index in [2.05, 4.69) is 15.3 Å². The first kappa shape index (κ1) is 13.2. The Morgan fingerprint density at radius 3 is 2.81 bits per heavy atom. The van der Waals surface area contributed by atoms with Crippen LogP contribution in [0.25, 0.3) is 5.65 Å². The van der Waals surface area contributed by atoms with Gasteiger partial charge >= 0.3 is 0 Å². The van der Waals surface area contributed by atoms with E-state index in [1.54, 1.807) is 41.3 Å². The van der Waals surface area contributed by atoms with E-state index in [1.807, 2.05) is 6.92 Å². The van der Waals surface area contributed by atoms with Crippen molar-refractivity contribution in [2.45, 2.75) is 13.0 Å². The lowest BCUT2D eigenvalue weighted by atomic mass is 10.1. The van der Waals surface area contributed by atoms with Crippen LogP contribution in [0.5, 0.6) is 0 Å². The fourth-order valence-corrected chi connectivity index (χ4v) is 2.06. The predicted molar refractivity (Wildman–Crippen MR) is 75.3 cm³/mol. The van der Waals surface area contributed by atoms with Crippen LogP contribution in [0.3, 0.4) is 0 Å². The van der Waals surface area contributed by atoms with Gasteiger partial charge in [0.1, 0.15) is 11.5 Å². The van der Waals surface area contributed by atoms with E-state index in [1.165, 1.54) is 12.1 Å². The summed E-state index contributed by atoms with van der Waals surface area (Å²) in [7, 11) is 0. The van der Waals surface area contributed by atoms with Gasteiger partial charge in [-0.3, -0.25) is 9.78 Å². The number of carbonyl (C=O) groups excluding carboxylic acids is 1. The Balaban J connectivity index is 1.77. The van der Waals surface area contributed by atoms with Crippen molar-refractivity contribution in [2.75, 3.05) is 0 Å². The second-order valence-electron chi connectivity index (χ2n) is 4.71. The van der Waals surface area contributed by atoms with Gasteiger partial charge in [0.2, 0.25) is 0 Å². The molecule has 0 bridgehead atoms. The molecule has 0 radical (unpaired) electrons. The number of aromatic nitrogens is 3. The summed E-state index contributed by atoms with van der Waals surface area (Å²) in [5, 5.41) is 2.84. The third kappa shape index (κ3) is 2.74. The summed E-state index contributed by atoms with van der Waals surface area (Å²) < 4.78 is 14.6. The van der Waals surface area contributed by atoms with Gasteiger partial charge in [-0.15, -0.1) is 0 Å². The van der Waals surface area contributed by atoms with Crippen LogP contribution in [0.2, 0.25) is 0 Å². The number of amides is 1. The van der Waals surface area contributed by atoms with Crippen molar-refractivity contribution in [3.8, 4) is 0 Å². The smallest absolute Gasteiger partial charge is 0.271 e. The number of rotatable bonds is 3. The second-order valence-corrected chi connectivity index (χ2v) is 4.71. The summed E-state index contributed by atoms with van der Waals surface area (Å²) >= 11 is 0. The molecule has 1 N–H and O–H groups in total. The largest absolute Gasteiger partial charge is 0.344 e. The molecule has 106 valence electrons. The van der Waals surface area contributed by atoms with Crippen molar-refractivity contribution in [2.24, 2.45) is 0 Å². The summed E-state index contributed by atoms with van der Waals surface area (Å²) in [5.74, 6) is -0.583. The number of halogens is 1. The van der Waals surface area contributed by atoms with Crippen molar-refractivity contribution in [1.82, 2.24) is 19.7 Å². The predicted octanol–water partition coefficient (Wildman–Crippen LogP) is 2.36. The Kier molecular flexibility index (Phi) is 3.35. The van der Waals surface area contributed by atoms with Crippen LogP contribution in [-0.4, -0.2) is 20.3 Å². The van der Waals surface area contributed by atoms with E-state index in [0.29, 0.717) is 11.3 Å². The van der Waals surface area contributed by atoms with Gasteiger partial charge in [-0.1, -0.05) is 12.1 Å². The summed E-state index contributed by atoms with van der Waals surface area (Å²) in [6.07, 6.45) is 6.57. The average Bonchev–Trinajstić information content (AvgIpc) is 2.92. The highest BCUT2D eigenvalue weighted by atomic mass is 19.1. The Morgan fingerprint density at radius 2 is 2.10 bits per heavy atom. The molecular formula is C15H13FN4O. The van der Waals surface area contributed by atoms with E-state index >= 15 is 0 Å². The number of carbonyl (C=O) groups is 1. The molecule has 1 aromatic carbocycles. The van der Waals surface area contributed by atoms with Gasteiger partial charge in [0.15, 0.2) is 5.65 Å². The summed E-state index contributed by atoms with van der Waals surface area (Å²) in [6, 6.07) is 5.80. The maximum atomic E-state index is 12.9. The number of imidazole rings is 1. The zero-order chi connectivity index (χ0) is 14.8. The molecule has 3 aromatic rings. The molecule has 1 amide bonds. The van der Waals surface area contributed by atoms with Crippen molar-refractivity contribution >= 4 is 11.6 Å². The Morgan fingerprint density at radius 1 is 1.33 bits per heavy atom. The van der Waals surface area contributed by atoms with Crippen molar-refractivity contribution in [1.29, 1.82) is 0 Å². The number of hydrogen-bond acceptors (Lipinski definition) is 3. The molecule has 0 saturated carbocycles. The van der Waals surface area contributed by atoms with Gasteiger partial charge in [0.25, 0.3) is 5.91 Å². The monoisotopic (exact) mass is 284 g/mol. The van der Waals surface area contributed by atoms with Crippen LogP contribution >= 0.6 is 0 Å². The molecule has 0 saturated heterocycles. The molecule has 2 aromatic heterocycles. The SMILES string of the molecule is CC(NC(=O)c1cn2ccncc2n1)c1ccc(F)cc1. The lowest BCUT2D eigenvalue weighted by Gasteiger charge is -2.13. The Hall–Kier alpha value is -2.76. The summed E-state index contributed by atoms with van der Waals surface area (Å²) in [4.78, 5) is 20.3.